The SMILES string of the molecule is CON(C)Cc1ccc(Br)cc1Cl. The van der Waals surface area contributed by atoms with E-state index >= 15 is 0 Å². The summed E-state index contributed by atoms with van der Waals surface area (Å²) in [4.78, 5) is 5.00. The minimum atomic E-state index is 0.683. The molecule has 0 spiro atoms. The number of hydroxylamine groups is 2. The van der Waals surface area contributed by atoms with Crippen molar-refractivity contribution in [1.29, 1.82) is 0 Å². The van der Waals surface area contributed by atoms with E-state index in [4.69, 9.17) is 16.4 Å². The molecule has 0 aromatic heterocycles. The van der Waals surface area contributed by atoms with Gasteiger partial charge >= 0.3 is 0 Å². The molecule has 0 heterocycles. The Balaban J connectivity index is 2.77. The number of hydrogen-bond acceptors (Lipinski definition) is 2. The van der Waals surface area contributed by atoms with Gasteiger partial charge in [0.1, 0.15) is 0 Å². The maximum absolute atomic E-state index is 6.02. The van der Waals surface area contributed by atoms with Gasteiger partial charge in [0.25, 0.3) is 0 Å². The molecule has 0 bridgehead atoms. The molecule has 1 aromatic carbocycles. The predicted molar refractivity (Wildman–Crippen MR) is 57.6 cm³/mol. The number of hydrogen-bond donors (Lipinski definition) is 0. The monoisotopic (exact) mass is 263 g/mol. The average Bonchev–Trinajstić information content (AvgIpc) is 2.09. The molecular formula is C9H11BrClNO. The summed E-state index contributed by atoms with van der Waals surface area (Å²) in [5.41, 5.74) is 1.05. The third kappa shape index (κ3) is 3.27. The maximum Gasteiger partial charge on any atom is 0.0575 e. The first-order valence-corrected chi connectivity index (χ1v) is 4.99. The van der Waals surface area contributed by atoms with Crippen LogP contribution in [0.2, 0.25) is 5.02 Å². The van der Waals surface area contributed by atoms with Crippen molar-refractivity contribution in [2.45, 2.75) is 6.54 Å². The lowest BCUT2D eigenvalue weighted by molar-refractivity contribution is -0.116. The van der Waals surface area contributed by atoms with Crippen LogP contribution in [-0.2, 0) is 11.4 Å². The zero-order valence-corrected chi connectivity index (χ0v) is 9.89. The summed E-state index contributed by atoms with van der Waals surface area (Å²) < 4.78 is 0.987. The quantitative estimate of drug-likeness (QED) is 0.778. The van der Waals surface area contributed by atoms with Crippen LogP contribution in [0.3, 0.4) is 0 Å². The van der Waals surface area contributed by atoms with E-state index in [1.165, 1.54) is 0 Å². The standard InChI is InChI=1S/C9H11BrClNO/c1-12(13-2)6-7-3-4-8(10)5-9(7)11/h3-5H,6H2,1-2H3. The maximum atomic E-state index is 6.02. The molecule has 0 aliphatic carbocycles. The Hall–Kier alpha value is -0.0900. The van der Waals surface area contributed by atoms with Gasteiger partial charge in [0.15, 0.2) is 0 Å². The molecule has 0 aliphatic heterocycles. The van der Waals surface area contributed by atoms with Crippen LogP contribution in [0.15, 0.2) is 22.7 Å². The highest BCUT2D eigenvalue weighted by Gasteiger charge is 2.03. The molecule has 0 N–H and O–H groups in total. The van der Waals surface area contributed by atoms with Crippen LogP contribution in [0.5, 0.6) is 0 Å². The second-order valence-electron chi connectivity index (χ2n) is 2.70. The molecule has 0 atom stereocenters. The van der Waals surface area contributed by atoms with Gasteiger partial charge in [0.2, 0.25) is 0 Å². The number of benzene rings is 1. The molecule has 0 saturated carbocycles. The van der Waals surface area contributed by atoms with E-state index in [1.54, 1.807) is 12.2 Å². The molecule has 1 aromatic rings. The van der Waals surface area contributed by atoms with Crippen molar-refractivity contribution in [3.63, 3.8) is 0 Å². The largest absolute Gasteiger partial charge is 0.302 e. The second-order valence-corrected chi connectivity index (χ2v) is 4.03. The zero-order chi connectivity index (χ0) is 9.84. The van der Waals surface area contributed by atoms with Crippen LogP contribution in [-0.4, -0.2) is 19.2 Å². The van der Waals surface area contributed by atoms with E-state index in [0.29, 0.717) is 6.54 Å². The highest BCUT2D eigenvalue weighted by atomic mass is 79.9. The number of nitrogens with zero attached hydrogens (tertiary/aromatic N) is 1. The third-order valence-electron chi connectivity index (χ3n) is 1.72. The molecule has 13 heavy (non-hydrogen) atoms. The van der Waals surface area contributed by atoms with Crippen molar-refractivity contribution in [3.8, 4) is 0 Å². The van der Waals surface area contributed by atoms with Gasteiger partial charge in [-0.1, -0.05) is 33.6 Å². The molecule has 2 nitrogen and oxygen atoms in total. The fraction of sp³-hybridized carbons (Fsp3) is 0.333. The van der Waals surface area contributed by atoms with Crippen LogP contribution < -0.4 is 0 Å². The first kappa shape index (κ1) is 11.0. The van der Waals surface area contributed by atoms with E-state index < -0.39 is 0 Å². The Labute approximate surface area is 91.5 Å². The summed E-state index contributed by atoms with van der Waals surface area (Å²) in [5.74, 6) is 0. The van der Waals surface area contributed by atoms with Crippen molar-refractivity contribution in [2.24, 2.45) is 0 Å². The fourth-order valence-electron chi connectivity index (χ4n) is 0.954. The van der Waals surface area contributed by atoms with Crippen molar-refractivity contribution >= 4 is 27.5 Å². The molecule has 0 saturated heterocycles. The van der Waals surface area contributed by atoms with Crippen LogP contribution in [0.1, 0.15) is 5.56 Å². The smallest absolute Gasteiger partial charge is 0.0575 e. The summed E-state index contributed by atoms with van der Waals surface area (Å²) in [6.07, 6.45) is 0. The Kier molecular flexibility index (Phi) is 4.19. The normalized spacial score (nSPS) is 10.8. The Morgan fingerprint density at radius 1 is 1.54 bits per heavy atom. The summed E-state index contributed by atoms with van der Waals surface area (Å²) in [6, 6.07) is 5.81. The number of rotatable bonds is 3. The van der Waals surface area contributed by atoms with E-state index in [-0.39, 0.29) is 0 Å². The molecular weight excluding hydrogens is 253 g/mol. The summed E-state index contributed by atoms with van der Waals surface area (Å²) in [5, 5.41) is 2.47. The van der Waals surface area contributed by atoms with Gasteiger partial charge < -0.3 is 4.84 Å². The molecule has 4 heteroatoms. The zero-order valence-electron chi connectivity index (χ0n) is 7.55. The summed E-state index contributed by atoms with van der Waals surface area (Å²) in [6.45, 7) is 0.683. The Morgan fingerprint density at radius 3 is 2.77 bits per heavy atom. The topological polar surface area (TPSA) is 12.5 Å². The van der Waals surface area contributed by atoms with E-state index in [9.17, 15) is 0 Å². The van der Waals surface area contributed by atoms with Crippen LogP contribution in [0.25, 0.3) is 0 Å². The second kappa shape index (κ2) is 4.96. The van der Waals surface area contributed by atoms with Crippen molar-refractivity contribution < 1.29 is 4.84 Å². The first-order valence-electron chi connectivity index (χ1n) is 3.82. The molecule has 0 radical (unpaired) electrons. The Bertz CT molecular complexity index is 293. The molecule has 1 rings (SSSR count). The van der Waals surface area contributed by atoms with Crippen LogP contribution in [0, 0.1) is 0 Å². The first-order chi connectivity index (χ1) is 6.13. The average molecular weight is 265 g/mol. The van der Waals surface area contributed by atoms with E-state index in [2.05, 4.69) is 15.9 Å². The van der Waals surface area contributed by atoms with E-state index in [0.717, 1.165) is 15.1 Å². The third-order valence-corrected chi connectivity index (χ3v) is 2.56. The van der Waals surface area contributed by atoms with Gasteiger partial charge in [-0.25, -0.2) is 0 Å². The lowest BCUT2D eigenvalue weighted by Gasteiger charge is -2.14. The van der Waals surface area contributed by atoms with Gasteiger partial charge in [0, 0.05) is 16.5 Å². The Morgan fingerprint density at radius 2 is 2.23 bits per heavy atom. The predicted octanol–water partition coefficient (Wildman–Crippen LogP) is 3.10. The van der Waals surface area contributed by atoms with Gasteiger partial charge in [-0.3, -0.25) is 0 Å². The molecule has 0 fully saturated rings. The molecule has 72 valence electrons. The van der Waals surface area contributed by atoms with Crippen LogP contribution >= 0.6 is 27.5 Å². The minimum absolute atomic E-state index is 0.683. The fourth-order valence-corrected chi connectivity index (χ4v) is 1.69. The van der Waals surface area contributed by atoms with Gasteiger partial charge in [-0.2, -0.15) is 5.06 Å². The molecule has 0 aliphatic rings. The van der Waals surface area contributed by atoms with Crippen molar-refractivity contribution in [1.82, 2.24) is 5.06 Å². The highest BCUT2D eigenvalue weighted by molar-refractivity contribution is 9.10. The molecule has 0 unspecified atom stereocenters. The molecule has 0 amide bonds. The minimum Gasteiger partial charge on any atom is -0.302 e. The van der Waals surface area contributed by atoms with Gasteiger partial charge in [0.05, 0.1) is 13.7 Å². The summed E-state index contributed by atoms with van der Waals surface area (Å²) >= 11 is 9.37. The highest BCUT2D eigenvalue weighted by Crippen LogP contribution is 2.22. The lowest BCUT2D eigenvalue weighted by atomic mass is 10.2. The van der Waals surface area contributed by atoms with Crippen molar-refractivity contribution in [3.05, 3.63) is 33.3 Å². The van der Waals surface area contributed by atoms with Crippen molar-refractivity contribution in [2.75, 3.05) is 14.2 Å². The van der Waals surface area contributed by atoms with Gasteiger partial charge in [-0.15, -0.1) is 0 Å². The summed E-state index contributed by atoms with van der Waals surface area (Å²) in [7, 11) is 3.49. The lowest BCUT2D eigenvalue weighted by Crippen LogP contribution is -2.15. The number of halogens is 2. The van der Waals surface area contributed by atoms with Crippen LogP contribution in [0.4, 0.5) is 0 Å². The van der Waals surface area contributed by atoms with E-state index in [1.807, 2.05) is 25.2 Å². The van der Waals surface area contributed by atoms with Gasteiger partial charge in [-0.05, 0) is 17.7 Å².